The van der Waals surface area contributed by atoms with E-state index < -0.39 is 0 Å². The summed E-state index contributed by atoms with van der Waals surface area (Å²) < 4.78 is 5.83. The number of rotatable bonds is 6. The molecule has 0 aromatic heterocycles. The highest BCUT2D eigenvalue weighted by Crippen LogP contribution is 2.26. The number of hydrogen-bond donors (Lipinski definition) is 2. The van der Waals surface area contributed by atoms with E-state index in [1.54, 1.807) is 11.9 Å². The van der Waals surface area contributed by atoms with Crippen LogP contribution < -0.4 is 10.1 Å². The molecule has 5 nitrogen and oxygen atoms in total. The molecule has 4 atom stereocenters. The second-order valence-electron chi connectivity index (χ2n) is 6.51. The van der Waals surface area contributed by atoms with Crippen LogP contribution in [0.25, 0.3) is 0 Å². The summed E-state index contributed by atoms with van der Waals surface area (Å²) in [5, 5.41) is 12.8. The van der Waals surface area contributed by atoms with Crippen molar-refractivity contribution in [3.8, 4) is 5.75 Å². The zero-order valence-electron chi connectivity index (χ0n) is 14.2. The Balaban J connectivity index is 1.78. The third kappa shape index (κ3) is 5.13. The zero-order chi connectivity index (χ0) is 16.8. The quantitative estimate of drug-likeness (QED) is 0.847. The van der Waals surface area contributed by atoms with Crippen molar-refractivity contribution in [2.75, 3.05) is 13.6 Å². The molecule has 0 saturated heterocycles. The first-order valence-electron chi connectivity index (χ1n) is 8.38. The summed E-state index contributed by atoms with van der Waals surface area (Å²) in [6.45, 7) is 4.47. The Bertz CT molecular complexity index is 494. The average molecular weight is 320 g/mol. The number of aliphatic hydroxyl groups is 1. The fraction of sp³-hybridized carbons (Fsp3) is 0.611. The Hall–Kier alpha value is -1.75. The summed E-state index contributed by atoms with van der Waals surface area (Å²) in [4.78, 5) is 13.9. The van der Waals surface area contributed by atoms with Crippen molar-refractivity contribution in [2.45, 2.75) is 51.4 Å². The predicted octanol–water partition coefficient (Wildman–Crippen LogP) is 2.64. The van der Waals surface area contributed by atoms with Gasteiger partial charge in [-0.3, -0.25) is 0 Å². The minimum atomic E-state index is -0.275. The van der Waals surface area contributed by atoms with Gasteiger partial charge in [0.1, 0.15) is 11.9 Å². The number of nitrogens with one attached hydrogen (secondary N) is 1. The summed E-state index contributed by atoms with van der Waals surface area (Å²) in [6, 6.07) is 9.35. The van der Waals surface area contributed by atoms with E-state index in [0.717, 1.165) is 25.0 Å². The maximum atomic E-state index is 12.3. The smallest absolute Gasteiger partial charge is 0.317 e. The molecule has 0 heterocycles. The lowest BCUT2D eigenvalue weighted by atomic mass is 10.1. The third-order valence-corrected chi connectivity index (χ3v) is 4.59. The Morgan fingerprint density at radius 1 is 1.35 bits per heavy atom. The second kappa shape index (κ2) is 8.20. The van der Waals surface area contributed by atoms with Crippen LogP contribution in [0.3, 0.4) is 0 Å². The van der Waals surface area contributed by atoms with Crippen molar-refractivity contribution in [1.29, 1.82) is 0 Å². The van der Waals surface area contributed by atoms with Crippen molar-refractivity contribution >= 4 is 6.03 Å². The van der Waals surface area contributed by atoms with E-state index in [4.69, 9.17) is 4.74 Å². The first kappa shape index (κ1) is 17.6. The van der Waals surface area contributed by atoms with E-state index in [-0.39, 0.29) is 30.2 Å². The van der Waals surface area contributed by atoms with E-state index in [1.165, 1.54) is 0 Å². The van der Waals surface area contributed by atoms with Crippen LogP contribution in [0.15, 0.2) is 30.3 Å². The number of aliphatic hydroxyl groups excluding tert-OH is 1. The fourth-order valence-electron chi connectivity index (χ4n) is 2.90. The van der Waals surface area contributed by atoms with Gasteiger partial charge in [-0.15, -0.1) is 0 Å². The highest BCUT2D eigenvalue weighted by atomic mass is 16.5. The molecule has 1 aromatic carbocycles. The lowest BCUT2D eigenvalue weighted by molar-refractivity contribution is 0.111. The topological polar surface area (TPSA) is 61.8 Å². The molecular formula is C18H28N2O3. The van der Waals surface area contributed by atoms with Gasteiger partial charge in [0.2, 0.25) is 0 Å². The van der Waals surface area contributed by atoms with Gasteiger partial charge in [-0.05, 0) is 38.8 Å². The average Bonchev–Trinajstić information content (AvgIpc) is 2.93. The van der Waals surface area contributed by atoms with Gasteiger partial charge in [0.25, 0.3) is 0 Å². The van der Waals surface area contributed by atoms with Gasteiger partial charge in [0.05, 0.1) is 12.1 Å². The van der Waals surface area contributed by atoms with Crippen LogP contribution in [0.4, 0.5) is 4.79 Å². The summed E-state index contributed by atoms with van der Waals surface area (Å²) in [6.07, 6.45) is 2.47. The van der Waals surface area contributed by atoms with Crippen LogP contribution in [0.5, 0.6) is 5.75 Å². The monoisotopic (exact) mass is 320 g/mol. The summed E-state index contributed by atoms with van der Waals surface area (Å²) in [5.41, 5.74) is 0. The van der Waals surface area contributed by atoms with Crippen molar-refractivity contribution < 1.29 is 14.6 Å². The van der Waals surface area contributed by atoms with Crippen molar-refractivity contribution in [3.63, 3.8) is 0 Å². The number of para-hydroxylation sites is 1. The molecule has 0 radical (unpaired) electrons. The number of carbonyl (C=O) groups excluding carboxylic acids is 1. The Labute approximate surface area is 138 Å². The van der Waals surface area contributed by atoms with Crippen molar-refractivity contribution in [1.82, 2.24) is 10.2 Å². The molecule has 128 valence electrons. The Kier molecular flexibility index (Phi) is 6.28. The van der Waals surface area contributed by atoms with Crippen LogP contribution in [-0.4, -0.2) is 47.9 Å². The number of amides is 2. The molecule has 23 heavy (non-hydrogen) atoms. The number of benzene rings is 1. The second-order valence-corrected chi connectivity index (χ2v) is 6.51. The highest BCUT2D eigenvalue weighted by molar-refractivity contribution is 5.74. The molecule has 5 heteroatoms. The molecule has 1 aromatic rings. The molecule has 1 fully saturated rings. The summed E-state index contributed by atoms with van der Waals surface area (Å²) >= 11 is 0. The van der Waals surface area contributed by atoms with E-state index >= 15 is 0 Å². The van der Waals surface area contributed by atoms with E-state index in [1.807, 2.05) is 44.2 Å². The van der Waals surface area contributed by atoms with Crippen molar-refractivity contribution in [3.05, 3.63) is 30.3 Å². The predicted molar refractivity (Wildman–Crippen MR) is 90.5 cm³/mol. The third-order valence-electron chi connectivity index (χ3n) is 4.59. The van der Waals surface area contributed by atoms with E-state index in [0.29, 0.717) is 6.54 Å². The van der Waals surface area contributed by atoms with Crippen LogP contribution in [0.2, 0.25) is 0 Å². The van der Waals surface area contributed by atoms with Crippen LogP contribution in [-0.2, 0) is 0 Å². The molecule has 1 aliphatic carbocycles. The Morgan fingerprint density at radius 2 is 2.04 bits per heavy atom. The SMILES string of the molecule is C[C@H](NC(=O)N(C)C[C@@H]1CCC[C@@H]1O)[C@@H](C)Oc1ccccc1. The highest BCUT2D eigenvalue weighted by Gasteiger charge is 2.28. The molecule has 0 spiro atoms. The number of ether oxygens (including phenoxy) is 1. The zero-order valence-corrected chi connectivity index (χ0v) is 14.2. The Morgan fingerprint density at radius 3 is 2.65 bits per heavy atom. The van der Waals surface area contributed by atoms with E-state index in [9.17, 15) is 9.90 Å². The molecule has 2 N–H and O–H groups in total. The molecule has 2 rings (SSSR count). The molecule has 1 aliphatic rings. The molecule has 0 unspecified atom stereocenters. The summed E-state index contributed by atoms with van der Waals surface area (Å²) in [7, 11) is 1.77. The minimum absolute atomic E-state index is 0.112. The van der Waals surface area contributed by atoms with Crippen LogP contribution >= 0.6 is 0 Å². The number of carbonyl (C=O) groups is 1. The van der Waals surface area contributed by atoms with Gasteiger partial charge in [-0.1, -0.05) is 24.6 Å². The number of urea groups is 1. The lowest BCUT2D eigenvalue weighted by Crippen LogP contribution is -2.48. The van der Waals surface area contributed by atoms with Crippen LogP contribution in [0.1, 0.15) is 33.1 Å². The number of nitrogens with zero attached hydrogens (tertiary/aromatic N) is 1. The van der Waals surface area contributed by atoms with E-state index in [2.05, 4.69) is 5.32 Å². The van der Waals surface area contributed by atoms with Gasteiger partial charge in [0.15, 0.2) is 0 Å². The van der Waals surface area contributed by atoms with Gasteiger partial charge in [0, 0.05) is 19.5 Å². The molecule has 0 aliphatic heterocycles. The normalized spacial score (nSPS) is 23.1. The minimum Gasteiger partial charge on any atom is -0.489 e. The van der Waals surface area contributed by atoms with Gasteiger partial charge >= 0.3 is 6.03 Å². The van der Waals surface area contributed by atoms with Gasteiger partial charge in [-0.2, -0.15) is 0 Å². The van der Waals surface area contributed by atoms with Gasteiger partial charge < -0.3 is 20.1 Å². The fourth-order valence-corrected chi connectivity index (χ4v) is 2.90. The molecular weight excluding hydrogens is 292 g/mol. The standard InChI is InChI=1S/C18H28N2O3/c1-13(14(2)23-16-9-5-4-6-10-16)19-18(22)20(3)12-15-8-7-11-17(15)21/h4-6,9-10,13-15,17,21H,7-8,11-12H2,1-3H3,(H,19,22)/t13-,14+,15-,17-/m0/s1. The number of hydrogen-bond acceptors (Lipinski definition) is 3. The maximum absolute atomic E-state index is 12.3. The lowest BCUT2D eigenvalue weighted by Gasteiger charge is -2.27. The molecule has 1 saturated carbocycles. The van der Waals surface area contributed by atoms with Gasteiger partial charge in [-0.25, -0.2) is 4.79 Å². The summed E-state index contributed by atoms with van der Waals surface area (Å²) in [5.74, 6) is 0.988. The maximum Gasteiger partial charge on any atom is 0.317 e. The van der Waals surface area contributed by atoms with Crippen molar-refractivity contribution in [2.24, 2.45) is 5.92 Å². The first-order chi connectivity index (χ1) is 11.0. The largest absolute Gasteiger partial charge is 0.489 e. The molecule has 0 bridgehead atoms. The molecule has 2 amide bonds. The van der Waals surface area contributed by atoms with Crippen LogP contribution in [0, 0.1) is 5.92 Å². The first-order valence-corrected chi connectivity index (χ1v) is 8.38.